The Kier molecular flexibility index (Phi) is 3.05. The van der Waals surface area contributed by atoms with Gasteiger partial charge in [0.05, 0.1) is 13.2 Å². The molecule has 3 N–H and O–H groups in total. The number of aryl methyl sites for hydroxylation is 1. The van der Waals surface area contributed by atoms with Crippen LogP contribution in [0.25, 0.3) is 0 Å². The van der Waals surface area contributed by atoms with Crippen molar-refractivity contribution in [2.75, 3.05) is 13.2 Å². The molecule has 0 amide bonds. The maximum Gasteiger partial charge on any atom is 0.330 e. The quantitative estimate of drug-likeness (QED) is 0.594. The highest BCUT2D eigenvalue weighted by molar-refractivity contribution is 5.07. The molecule has 110 valence electrons. The van der Waals surface area contributed by atoms with Gasteiger partial charge in [-0.25, -0.2) is 4.79 Å². The molecule has 8 heteroatoms. The predicted octanol–water partition coefficient (Wildman–Crippen LogP) is -1.75. The van der Waals surface area contributed by atoms with E-state index in [9.17, 15) is 19.8 Å². The van der Waals surface area contributed by atoms with Gasteiger partial charge in [-0.1, -0.05) is 0 Å². The molecule has 4 atom stereocenters. The zero-order valence-corrected chi connectivity index (χ0v) is 10.9. The lowest BCUT2D eigenvalue weighted by Crippen LogP contribution is -2.51. The second-order valence-electron chi connectivity index (χ2n) is 5.24. The van der Waals surface area contributed by atoms with Crippen LogP contribution in [-0.4, -0.2) is 50.8 Å². The number of ether oxygens (including phenoxy) is 2. The van der Waals surface area contributed by atoms with Crippen LogP contribution in [0.15, 0.2) is 15.8 Å². The summed E-state index contributed by atoms with van der Waals surface area (Å²) >= 11 is 0. The Hall–Kier alpha value is -1.48. The number of aromatic amines is 1. The van der Waals surface area contributed by atoms with Gasteiger partial charge in [0.25, 0.3) is 5.56 Å². The Morgan fingerprint density at radius 2 is 2.30 bits per heavy atom. The minimum Gasteiger partial charge on any atom is -0.393 e. The van der Waals surface area contributed by atoms with Crippen LogP contribution in [0.2, 0.25) is 0 Å². The Bertz CT molecular complexity index is 638. The highest BCUT2D eigenvalue weighted by atomic mass is 16.6. The molecule has 8 nitrogen and oxygen atoms in total. The van der Waals surface area contributed by atoms with Gasteiger partial charge in [-0.15, -0.1) is 0 Å². The van der Waals surface area contributed by atoms with Gasteiger partial charge in [-0.3, -0.25) is 14.3 Å². The fourth-order valence-corrected chi connectivity index (χ4v) is 2.78. The molecular formula is C12H16N2O6. The highest BCUT2D eigenvalue weighted by Crippen LogP contribution is 2.43. The summed E-state index contributed by atoms with van der Waals surface area (Å²) in [5.41, 5.74) is -1.87. The second kappa shape index (κ2) is 4.52. The SMILES string of the molecule is Cc1cn([C@@H]2O[C@@]3(CO)CCO[C@H]2[C@H]3O)c(=O)[nH]c1=O. The number of fused-ring (bicyclic) bond motifs is 2. The van der Waals surface area contributed by atoms with E-state index in [-0.39, 0.29) is 6.61 Å². The van der Waals surface area contributed by atoms with E-state index in [1.165, 1.54) is 10.8 Å². The number of H-pyrrole nitrogens is 1. The average Bonchev–Trinajstić information content (AvgIpc) is 2.60. The molecule has 2 aliphatic rings. The molecule has 2 fully saturated rings. The van der Waals surface area contributed by atoms with E-state index in [2.05, 4.69) is 4.98 Å². The maximum absolute atomic E-state index is 11.9. The van der Waals surface area contributed by atoms with Gasteiger partial charge in [-0.05, 0) is 6.92 Å². The van der Waals surface area contributed by atoms with E-state index in [0.717, 1.165) is 0 Å². The van der Waals surface area contributed by atoms with E-state index >= 15 is 0 Å². The number of hydrogen-bond donors (Lipinski definition) is 3. The molecule has 2 saturated heterocycles. The van der Waals surface area contributed by atoms with Crippen molar-refractivity contribution in [3.63, 3.8) is 0 Å². The summed E-state index contributed by atoms with van der Waals surface area (Å²) in [5.74, 6) is 0. The molecule has 1 aromatic heterocycles. The zero-order chi connectivity index (χ0) is 14.5. The first-order valence-corrected chi connectivity index (χ1v) is 6.39. The fraction of sp³-hybridized carbons (Fsp3) is 0.667. The van der Waals surface area contributed by atoms with Crippen LogP contribution in [0.4, 0.5) is 0 Å². The Balaban J connectivity index is 2.06. The predicted molar refractivity (Wildman–Crippen MR) is 66.4 cm³/mol. The van der Waals surface area contributed by atoms with Crippen LogP contribution in [0.3, 0.4) is 0 Å². The highest BCUT2D eigenvalue weighted by Gasteiger charge is 2.58. The standard InChI is InChI=1S/C12H16N2O6/c1-6-4-14(11(18)13-9(6)17)10-7-8(16)12(5-15,20-10)2-3-19-7/h4,7-8,10,15-16H,2-3,5H2,1H3,(H,13,17,18)/t7-,8+,10+,12+/m0/s1. The van der Waals surface area contributed by atoms with Gasteiger partial charge in [0.2, 0.25) is 0 Å². The molecule has 20 heavy (non-hydrogen) atoms. The van der Waals surface area contributed by atoms with Crippen molar-refractivity contribution in [2.45, 2.75) is 37.4 Å². The van der Waals surface area contributed by atoms with E-state index in [4.69, 9.17) is 9.47 Å². The second-order valence-corrected chi connectivity index (χ2v) is 5.24. The van der Waals surface area contributed by atoms with Gasteiger partial charge >= 0.3 is 5.69 Å². The molecular weight excluding hydrogens is 268 g/mol. The third kappa shape index (κ3) is 1.76. The third-order valence-corrected chi connectivity index (χ3v) is 4.01. The molecule has 0 spiro atoms. The smallest absolute Gasteiger partial charge is 0.330 e. The van der Waals surface area contributed by atoms with Crippen molar-refractivity contribution < 1.29 is 19.7 Å². The van der Waals surface area contributed by atoms with Crippen LogP contribution in [0, 0.1) is 6.92 Å². The monoisotopic (exact) mass is 284 g/mol. The van der Waals surface area contributed by atoms with Gasteiger partial charge in [0.1, 0.15) is 17.8 Å². The molecule has 0 unspecified atom stereocenters. The average molecular weight is 284 g/mol. The van der Waals surface area contributed by atoms with Gasteiger partial charge in [0.15, 0.2) is 6.23 Å². The van der Waals surface area contributed by atoms with Gasteiger partial charge in [0, 0.05) is 18.2 Å². The maximum atomic E-state index is 11.9. The Morgan fingerprint density at radius 1 is 1.55 bits per heavy atom. The minimum atomic E-state index is -1.11. The first-order chi connectivity index (χ1) is 9.48. The van der Waals surface area contributed by atoms with Crippen molar-refractivity contribution in [1.82, 2.24) is 9.55 Å². The number of rotatable bonds is 2. The minimum absolute atomic E-state index is 0.329. The normalized spacial score (nSPS) is 36.2. The topological polar surface area (TPSA) is 114 Å². The number of aromatic nitrogens is 2. The van der Waals surface area contributed by atoms with Crippen LogP contribution in [0.1, 0.15) is 18.2 Å². The van der Waals surface area contributed by atoms with Crippen LogP contribution < -0.4 is 11.2 Å². The molecule has 0 saturated carbocycles. The largest absolute Gasteiger partial charge is 0.393 e. The van der Waals surface area contributed by atoms with E-state index in [1.807, 2.05) is 0 Å². The number of aliphatic hydroxyl groups is 2. The summed E-state index contributed by atoms with van der Waals surface area (Å²) in [6.07, 6.45) is -0.936. The molecule has 2 bridgehead atoms. The summed E-state index contributed by atoms with van der Waals surface area (Å²) in [5, 5.41) is 19.7. The Labute approximate surface area is 113 Å². The molecule has 2 aliphatic heterocycles. The number of nitrogens with one attached hydrogen (secondary N) is 1. The number of hydrogen-bond acceptors (Lipinski definition) is 6. The van der Waals surface area contributed by atoms with Crippen molar-refractivity contribution >= 4 is 0 Å². The Morgan fingerprint density at radius 3 is 2.95 bits per heavy atom. The lowest BCUT2D eigenvalue weighted by atomic mass is 9.90. The van der Waals surface area contributed by atoms with Crippen LogP contribution >= 0.6 is 0 Å². The van der Waals surface area contributed by atoms with Gasteiger partial charge in [-0.2, -0.15) is 0 Å². The lowest BCUT2D eigenvalue weighted by Gasteiger charge is -2.33. The molecule has 3 rings (SSSR count). The summed E-state index contributed by atoms with van der Waals surface area (Å²) in [7, 11) is 0. The summed E-state index contributed by atoms with van der Waals surface area (Å²) < 4.78 is 12.4. The van der Waals surface area contributed by atoms with E-state index in [0.29, 0.717) is 18.6 Å². The molecule has 1 aromatic rings. The fourth-order valence-electron chi connectivity index (χ4n) is 2.78. The summed E-state index contributed by atoms with van der Waals surface area (Å²) in [6, 6.07) is 0. The third-order valence-electron chi connectivity index (χ3n) is 4.01. The van der Waals surface area contributed by atoms with Crippen molar-refractivity contribution in [2.24, 2.45) is 0 Å². The van der Waals surface area contributed by atoms with Gasteiger partial charge < -0.3 is 19.7 Å². The molecule has 0 aromatic carbocycles. The van der Waals surface area contributed by atoms with E-state index < -0.39 is 35.3 Å². The first-order valence-electron chi connectivity index (χ1n) is 6.39. The molecule has 0 radical (unpaired) electrons. The van der Waals surface area contributed by atoms with E-state index in [1.54, 1.807) is 6.92 Å². The zero-order valence-electron chi connectivity index (χ0n) is 10.9. The van der Waals surface area contributed by atoms with Crippen LogP contribution in [0.5, 0.6) is 0 Å². The van der Waals surface area contributed by atoms with Crippen molar-refractivity contribution in [1.29, 1.82) is 0 Å². The lowest BCUT2D eigenvalue weighted by molar-refractivity contribution is -0.144. The number of aliphatic hydroxyl groups excluding tert-OH is 2. The molecule has 0 aliphatic carbocycles. The molecule has 3 heterocycles. The number of nitrogens with zero attached hydrogens (tertiary/aromatic N) is 1. The summed E-state index contributed by atoms with van der Waals surface area (Å²) in [4.78, 5) is 25.5. The summed E-state index contributed by atoms with van der Waals surface area (Å²) in [6.45, 7) is 1.53. The first kappa shape index (κ1) is 13.5. The van der Waals surface area contributed by atoms with Crippen LogP contribution in [-0.2, 0) is 9.47 Å². The van der Waals surface area contributed by atoms with Crippen molar-refractivity contribution in [3.05, 3.63) is 32.6 Å². The van der Waals surface area contributed by atoms with Crippen molar-refractivity contribution in [3.8, 4) is 0 Å².